The van der Waals surface area contributed by atoms with Crippen LogP contribution in [0.15, 0.2) is 60.7 Å². The third kappa shape index (κ3) is 7.48. The van der Waals surface area contributed by atoms with Crippen LogP contribution in [0.3, 0.4) is 0 Å². The van der Waals surface area contributed by atoms with Crippen LogP contribution in [0.4, 0.5) is 0 Å². The Bertz CT molecular complexity index is 470. The van der Waals surface area contributed by atoms with Crippen molar-refractivity contribution in [2.75, 3.05) is 0 Å². The molecule has 0 amide bonds. The van der Waals surface area contributed by atoms with Gasteiger partial charge in [-0.05, 0) is 10.6 Å². The number of benzene rings is 2. The molecule has 0 spiro atoms. The molecule has 19 heavy (non-hydrogen) atoms. The van der Waals surface area contributed by atoms with Crippen LogP contribution >= 0.6 is 16.1 Å². The van der Waals surface area contributed by atoms with E-state index in [1.807, 2.05) is 0 Å². The second-order valence-corrected chi connectivity index (χ2v) is 5.61. The van der Waals surface area contributed by atoms with Crippen molar-refractivity contribution in [1.82, 2.24) is 0 Å². The average molecular weight is 341 g/mol. The third-order valence-corrected chi connectivity index (χ3v) is 3.63. The van der Waals surface area contributed by atoms with Crippen LogP contribution in [0.5, 0.6) is 0 Å². The summed E-state index contributed by atoms with van der Waals surface area (Å²) in [6.45, 7) is 0. The van der Waals surface area contributed by atoms with Gasteiger partial charge in [-0.15, -0.1) is 0 Å². The molecule has 4 nitrogen and oxygen atoms in total. The van der Waals surface area contributed by atoms with E-state index in [0.717, 1.165) is 0 Å². The minimum Gasteiger partial charge on any atom is -0.798 e. The minimum atomic E-state index is -2.71. The topological polar surface area (TPSA) is 80.3 Å². The van der Waals surface area contributed by atoms with E-state index >= 15 is 0 Å². The van der Waals surface area contributed by atoms with Crippen LogP contribution < -0.4 is 20.4 Å². The monoisotopic (exact) mass is 341 g/mol. The Morgan fingerprint density at radius 3 is 1.05 bits per heavy atom. The van der Waals surface area contributed by atoms with Gasteiger partial charge in [-0.1, -0.05) is 60.7 Å². The molecule has 103 valence electrons. The van der Waals surface area contributed by atoms with E-state index in [-0.39, 0.29) is 16.8 Å². The molecule has 2 aromatic carbocycles. The first kappa shape index (κ1) is 18.3. The molecule has 2 aromatic rings. The SMILES string of the molecule is O=[PH]([O-])c1ccccc1.O=[PH]([O-])c1ccccc1.[Co+2]. The van der Waals surface area contributed by atoms with Crippen molar-refractivity contribution >= 4 is 26.7 Å². The number of rotatable bonds is 2. The van der Waals surface area contributed by atoms with Gasteiger partial charge in [0.25, 0.3) is 0 Å². The molecular formula is C12H12CoO4P2. The van der Waals surface area contributed by atoms with E-state index in [1.165, 1.54) is 0 Å². The maximum atomic E-state index is 10.3. The van der Waals surface area contributed by atoms with E-state index < -0.39 is 16.1 Å². The van der Waals surface area contributed by atoms with E-state index in [2.05, 4.69) is 0 Å². The van der Waals surface area contributed by atoms with Crippen molar-refractivity contribution < 1.29 is 35.7 Å². The van der Waals surface area contributed by atoms with Crippen molar-refractivity contribution in [3.05, 3.63) is 60.7 Å². The van der Waals surface area contributed by atoms with Crippen LogP contribution in [0.1, 0.15) is 0 Å². The van der Waals surface area contributed by atoms with Crippen molar-refractivity contribution in [2.24, 2.45) is 0 Å². The van der Waals surface area contributed by atoms with E-state index in [4.69, 9.17) is 0 Å². The Morgan fingerprint density at radius 2 is 0.895 bits per heavy atom. The van der Waals surface area contributed by atoms with Gasteiger partial charge < -0.3 is 18.9 Å². The van der Waals surface area contributed by atoms with Gasteiger partial charge in [0.15, 0.2) is 0 Å². The molecule has 0 saturated carbocycles. The molecule has 0 aromatic heterocycles. The Labute approximate surface area is 123 Å². The van der Waals surface area contributed by atoms with Gasteiger partial charge >= 0.3 is 16.8 Å². The molecule has 0 N–H and O–H groups in total. The summed E-state index contributed by atoms with van der Waals surface area (Å²) in [6.07, 6.45) is 0. The van der Waals surface area contributed by atoms with Crippen LogP contribution in [0.2, 0.25) is 0 Å². The molecule has 1 radical (unpaired) electrons. The molecule has 7 heteroatoms. The quantitative estimate of drug-likeness (QED) is 0.736. The largest absolute Gasteiger partial charge is 2.00 e. The molecule has 0 saturated heterocycles. The molecule has 0 heterocycles. The Hall–Kier alpha value is -0.674. The Morgan fingerprint density at radius 1 is 0.632 bits per heavy atom. The number of hydrogen-bond donors (Lipinski definition) is 0. The molecule has 0 aliphatic carbocycles. The molecule has 0 bridgehead atoms. The molecule has 2 rings (SSSR count). The Kier molecular flexibility index (Phi) is 9.79. The minimum absolute atomic E-state index is 0. The second kappa shape index (κ2) is 10.2. The summed E-state index contributed by atoms with van der Waals surface area (Å²) in [6, 6.07) is 16.7. The summed E-state index contributed by atoms with van der Waals surface area (Å²) in [5.41, 5.74) is 0. The number of hydrogen-bond acceptors (Lipinski definition) is 4. The summed E-state index contributed by atoms with van der Waals surface area (Å²) in [5.74, 6) is 0. The van der Waals surface area contributed by atoms with Gasteiger partial charge in [-0.25, -0.2) is 0 Å². The van der Waals surface area contributed by atoms with Gasteiger partial charge in [0.2, 0.25) is 0 Å². The maximum absolute atomic E-state index is 10.3. The predicted octanol–water partition coefficient (Wildman–Crippen LogP) is 0.291. The molecular weight excluding hydrogens is 329 g/mol. The average Bonchev–Trinajstić information content (AvgIpc) is 2.41. The fourth-order valence-corrected chi connectivity index (χ4v) is 2.08. The fraction of sp³-hybridized carbons (Fsp3) is 0. The summed E-state index contributed by atoms with van der Waals surface area (Å²) >= 11 is 0. The van der Waals surface area contributed by atoms with Crippen LogP contribution in [0, 0.1) is 0 Å². The van der Waals surface area contributed by atoms with Gasteiger partial charge in [-0.3, -0.25) is 0 Å². The van der Waals surface area contributed by atoms with Crippen LogP contribution in [-0.2, 0) is 25.9 Å². The first-order valence-electron chi connectivity index (χ1n) is 5.14. The smallest absolute Gasteiger partial charge is 0.798 e. The van der Waals surface area contributed by atoms with Crippen molar-refractivity contribution in [3.8, 4) is 0 Å². The van der Waals surface area contributed by atoms with Crippen molar-refractivity contribution in [3.63, 3.8) is 0 Å². The second-order valence-electron chi connectivity index (χ2n) is 3.31. The third-order valence-electron chi connectivity index (χ3n) is 2.02. The van der Waals surface area contributed by atoms with Gasteiger partial charge in [0.1, 0.15) is 0 Å². The van der Waals surface area contributed by atoms with Crippen molar-refractivity contribution in [1.29, 1.82) is 0 Å². The summed E-state index contributed by atoms with van der Waals surface area (Å²) < 4.78 is 20.6. The normalized spacial score (nSPS) is 12.3. The molecule has 2 atom stereocenters. The van der Waals surface area contributed by atoms with Gasteiger partial charge in [-0.2, -0.15) is 0 Å². The summed E-state index contributed by atoms with van der Waals surface area (Å²) in [5, 5.41) is 0.810. The summed E-state index contributed by atoms with van der Waals surface area (Å²) in [4.78, 5) is 20.6. The van der Waals surface area contributed by atoms with Crippen molar-refractivity contribution in [2.45, 2.75) is 0 Å². The van der Waals surface area contributed by atoms with E-state index in [9.17, 15) is 18.9 Å². The summed E-state index contributed by atoms with van der Waals surface area (Å²) in [7, 11) is -5.42. The first-order chi connectivity index (χ1) is 8.61. The maximum Gasteiger partial charge on any atom is 2.00 e. The molecule has 2 unspecified atom stereocenters. The van der Waals surface area contributed by atoms with Crippen LogP contribution in [-0.4, -0.2) is 0 Å². The molecule has 0 aliphatic heterocycles. The standard InChI is InChI=1S/2C6H7O2P.Co/c2*7-9(8)6-4-2-1-3-5-6;/h2*1-5,9H,(H,7,8);/q;;+2/p-2. The zero-order valence-corrected chi connectivity index (χ0v) is 12.8. The van der Waals surface area contributed by atoms with Gasteiger partial charge in [0, 0.05) is 16.1 Å². The van der Waals surface area contributed by atoms with Crippen LogP contribution in [0.25, 0.3) is 0 Å². The fourth-order valence-electron chi connectivity index (χ4n) is 1.15. The zero-order valence-electron chi connectivity index (χ0n) is 9.74. The molecule has 0 aliphatic rings. The molecule has 0 fully saturated rings. The van der Waals surface area contributed by atoms with Gasteiger partial charge in [0.05, 0.1) is 0 Å². The van der Waals surface area contributed by atoms with E-state index in [0.29, 0.717) is 10.6 Å². The predicted molar refractivity (Wildman–Crippen MR) is 70.2 cm³/mol. The Balaban J connectivity index is 0.000000324. The van der Waals surface area contributed by atoms with E-state index in [1.54, 1.807) is 60.7 Å². The first-order valence-corrected chi connectivity index (χ1v) is 7.77. The zero-order chi connectivity index (χ0) is 13.4.